The van der Waals surface area contributed by atoms with Crippen molar-refractivity contribution in [3.63, 3.8) is 0 Å². The van der Waals surface area contributed by atoms with Gasteiger partial charge in [-0.25, -0.2) is 0 Å². The fourth-order valence-corrected chi connectivity index (χ4v) is 2.95. The van der Waals surface area contributed by atoms with Gasteiger partial charge in [0, 0.05) is 25.6 Å². The lowest BCUT2D eigenvalue weighted by molar-refractivity contribution is -0.141. The highest BCUT2D eigenvalue weighted by molar-refractivity contribution is 5.82. The standard InChI is InChI=1S/C19H28N2O3/c1-4-10-20-18(22)16-8-11-21(12-9-16)19(23)15(3)24-17-7-5-6-14(2)13-17/h5-7,13,15-16H,4,8-12H2,1-3H3,(H,20,22). The van der Waals surface area contributed by atoms with Gasteiger partial charge in [-0.1, -0.05) is 19.1 Å². The van der Waals surface area contributed by atoms with Crippen LogP contribution in [0.25, 0.3) is 0 Å². The van der Waals surface area contributed by atoms with Gasteiger partial charge in [-0.2, -0.15) is 0 Å². The highest BCUT2D eigenvalue weighted by Crippen LogP contribution is 2.20. The maximum atomic E-state index is 12.5. The number of amides is 2. The van der Waals surface area contributed by atoms with Gasteiger partial charge in [0.15, 0.2) is 6.10 Å². The molecule has 2 rings (SSSR count). The van der Waals surface area contributed by atoms with Gasteiger partial charge in [0.25, 0.3) is 5.91 Å². The first kappa shape index (κ1) is 18.3. The summed E-state index contributed by atoms with van der Waals surface area (Å²) < 4.78 is 5.77. The molecule has 0 spiro atoms. The zero-order chi connectivity index (χ0) is 17.5. The van der Waals surface area contributed by atoms with Crippen LogP contribution >= 0.6 is 0 Å². The molecule has 1 aromatic rings. The van der Waals surface area contributed by atoms with Crippen molar-refractivity contribution < 1.29 is 14.3 Å². The molecule has 0 saturated carbocycles. The fraction of sp³-hybridized carbons (Fsp3) is 0.579. The molecule has 0 aliphatic carbocycles. The van der Waals surface area contributed by atoms with Gasteiger partial charge in [-0.15, -0.1) is 0 Å². The van der Waals surface area contributed by atoms with Crippen LogP contribution in [-0.4, -0.2) is 42.5 Å². The second-order valence-electron chi connectivity index (χ2n) is 6.47. The van der Waals surface area contributed by atoms with Crippen molar-refractivity contribution in [2.75, 3.05) is 19.6 Å². The zero-order valence-electron chi connectivity index (χ0n) is 14.9. The van der Waals surface area contributed by atoms with Gasteiger partial charge in [0.2, 0.25) is 5.91 Å². The van der Waals surface area contributed by atoms with Crippen molar-refractivity contribution in [3.8, 4) is 5.75 Å². The van der Waals surface area contributed by atoms with E-state index in [9.17, 15) is 9.59 Å². The lowest BCUT2D eigenvalue weighted by Gasteiger charge is -2.33. The molecule has 1 aliphatic heterocycles. The number of carbonyl (C=O) groups is 2. The number of ether oxygens (including phenoxy) is 1. The Hall–Kier alpha value is -2.04. The Balaban J connectivity index is 1.82. The Kier molecular flexibility index (Phi) is 6.64. The molecule has 0 radical (unpaired) electrons. The van der Waals surface area contributed by atoms with E-state index in [1.54, 1.807) is 6.92 Å². The molecule has 1 heterocycles. The highest BCUT2D eigenvalue weighted by Gasteiger charge is 2.29. The lowest BCUT2D eigenvalue weighted by atomic mass is 9.95. The minimum Gasteiger partial charge on any atom is -0.481 e. The summed E-state index contributed by atoms with van der Waals surface area (Å²) in [7, 11) is 0. The Morgan fingerprint density at radius 3 is 2.67 bits per heavy atom. The minimum atomic E-state index is -0.516. The normalized spacial score (nSPS) is 16.5. The second-order valence-corrected chi connectivity index (χ2v) is 6.47. The van der Waals surface area contributed by atoms with Crippen LogP contribution in [0.1, 0.15) is 38.7 Å². The molecular weight excluding hydrogens is 304 g/mol. The molecule has 1 unspecified atom stereocenters. The molecule has 132 valence electrons. The van der Waals surface area contributed by atoms with E-state index in [1.165, 1.54) is 0 Å². The number of nitrogens with zero attached hydrogens (tertiary/aromatic N) is 1. The van der Waals surface area contributed by atoms with E-state index < -0.39 is 6.10 Å². The number of likely N-dealkylation sites (tertiary alicyclic amines) is 1. The molecule has 5 heteroatoms. The van der Waals surface area contributed by atoms with Crippen LogP contribution in [0.5, 0.6) is 5.75 Å². The third kappa shape index (κ3) is 4.98. The monoisotopic (exact) mass is 332 g/mol. The van der Waals surface area contributed by atoms with Crippen molar-refractivity contribution in [1.29, 1.82) is 0 Å². The largest absolute Gasteiger partial charge is 0.481 e. The average Bonchev–Trinajstić information content (AvgIpc) is 2.59. The van der Waals surface area contributed by atoms with Crippen LogP contribution < -0.4 is 10.1 Å². The molecule has 0 aromatic heterocycles. The maximum Gasteiger partial charge on any atom is 0.263 e. The van der Waals surface area contributed by atoms with E-state index >= 15 is 0 Å². The summed E-state index contributed by atoms with van der Waals surface area (Å²) in [5.74, 6) is 0.843. The van der Waals surface area contributed by atoms with E-state index in [-0.39, 0.29) is 17.7 Å². The third-order valence-corrected chi connectivity index (χ3v) is 4.38. The Morgan fingerprint density at radius 2 is 2.04 bits per heavy atom. The minimum absolute atomic E-state index is 0.0103. The van der Waals surface area contributed by atoms with Gasteiger partial charge in [0.05, 0.1) is 0 Å². The van der Waals surface area contributed by atoms with Crippen LogP contribution in [0.3, 0.4) is 0 Å². The number of aryl methyl sites for hydroxylation is 1. The first-order valence-electron chi connectivity index (χ1n) is 8.81. The van der Waals surface area contributed by atoms with Gasteiger partial charge in [-0.3, -0.25) is 9.59 Å². The summed E-state index contributed by atoms with van der Waals surface area (Å²) in [4.78, 5) is 26.3. The number of hydrogen-bond donors (Lipinski definition) is 1. The summed E-state index contributed by atoms with van der Waals surface area (Å²) in [5.41, 5.74) is 1.10. The van der Waals surface area contributed by atoms with Crippen LogP contribution in [0.15, 0.2) is 24.3 Å². The van der Waals surface area contributed by atoms with Crippen LogP contribution in [0, 0.1) is 12.8 Å². The molecular formula is C19H28N2O3. The Labute approximate surface area is 144 Å². The number of rotatable bonds is 6. The van der Waals surface area contributed by atoms with Crippen LogP contribution in [0.4, 0.5) is 0 Å². The summed E-state index contributed by atoms with van der Waals surface area (Å²) in [6.07, 6.45) is 1.87. The molecule has 1 saturated heterocycles. The van der Waals surface area contributed by atoms with Gasteiger partial charge < -0.3 is 15.0 Å². The molecule has 5 nitrogen and oxygen atoms in total. The van der Waals surface area contributed by atoms with Gasteiger partial charge in [-0.05, 0) is 50.8 Å². The average molecular weight is 332 g/mol. The van der Waals surface area contributed by atoms with E-state index in [0.29, 0.717) is 18.8 Å². The molecule has 1 aliphatic rings. The molecule has 1 fully saturated rings. The highest BCUT2D eigenvalue weighted by atomic mass is 16.5. The van der Waals surface area contributed by atoms with Crippen LogP contribution in [-0.2, 0) is 9.59 Å². The van der Waals surface area contributed by atoms with E-state index in [0.717, 1.165) is 31.4 Å². The Bertz CT molecular complexity index is 565. The molecule has 1 atom stereocenters. The molecule has 24 heavy (non-hydrogen) atoms. The zero-order valence-corrected chi connectivity index (χ0v) is 14.9. The van der Waals surface area contributed by atoms with E-state index in [1.807, 2.05) is 43.0 Å². The number of nitrogens with one attached hydrogen (secondary N) is 1. The number of carbonyl (C=O) groups excluding carboxylic acids is 2. The SMILES string of the molecule is CCCNC(=O)C1CCN(C(=O)C(C)Oc2cccc(C)c2)CC1. The molecule has 2 amide bonds. The third-order valence-electron chi connectivity index (χ3n) is 4.38. The Morgan fingerprint density at radius 1 is 1.33 bits per heavy atom. The second kappa shape index (κ2) is 8.71. The summed E-state index contributed by atoms with van der Waals surface area (Å²) in [6.45, 7) is 7.77. The maximum absolute atomic E-state index is 12.5. The molecule has 1 aromatic carbocycles. The molecule has 1 N–H and O–H groups in total. The van der Waals surface area contributed by atoms with E-state index in [4.69, 9.17) is 4.74 Å². The summed E-state index contributed by atoms with van der Waals surface area (Å²) >= 11 is 0. The number of benzene rings is 1. The van der Waals surface area contributed by atoms with Crippen molar-refractivity contribution in [3.05, 3.63) is 29.8 Å². The summed E-state index contributed by atoms with van der Waals surface area (Å²) in [5, 5.41) is 2.94. The topological polar surface area (TPSA) is 58.6 Å². The summed E-state index contributed by atoms with van der Waals surface area (Å²) in [6, 6.07) is 7.70. The fourth-order valence-electron chi connectivity index (χ4n) is 2.95. The first-order valence-corrected chi connectivity index (χ1v) is 8.81. The first-order chi connectivity index (χ1) is 11.5. The smallest absolute Gasteiger partial charge is 0.263 e. The van der Waals surface area contributed by atoms with E-state index in [2.05, 4.69) is 5.32 Å². The molecule has 0 bridgehead atoms. The lowest BCUT2D eigenvalue weighted by Crippen LogP contribution is -2.47. The van der Waals surface area contributed by atoms with Gasteiger partial charge in [0.1, 0.15) is 5.75 Å². The quantitative estimate of drug-likeness (QED) is 0.871. The van der Waals surface area contributed by atoms with Crippen molar-refractivity contribution in [1.82, 2.24) is 10.2 Å². The number of hydrogen-bond acceptors (Lipinski definition) is 3. The van der Waals surface area contributed by atoms with Crippen molar-refractivity contribution in [2.24, 2.45) is 5.92 Å². The predicted molar refractivity (Wildman–Crippen MR) is 93.9 cm³/mol. The van der Waals surface area contributed by atoms with Crippen LogP contribution in [0.2, 0.25) is 0 Å². The van der Waals surface area contributed by atoms with Crippen molar-refractivity contribution in [2.45, 2.75) is 46.1 Å². The van der Waals surface area contributed by atoms with Crippen molar-refractivity contribution >= 4 is 11.8 Å². The van der Waals surface area contributed by atoms with Gasteiger partial charge >= 0.3 is 0 Å². The number of piperidine rings is 1. The predicted octanol–water partition coefficient (Wildman–Crippen LogP) is 2.53.